The summed E-state index contributed by atoms with van der Waals surface area (Å²) < 4.78 is 19.2. The molecule has 24 heavy (non-hydrogen) atoms. The number of hydrogen-bond donors (Lipinski definition) is 1. The van der Waals surface area contributed by atoms with Gasteiger partial charge < -0.3 is 14.1 Å². The highest BCUT2D eigenvalue weighted by molar-refractivity contribution is 7.82. The largest absolute Gasteiger partial charge is 0.503 e. The lowest BCUT2D eigenvalue weighted by molar-refractivity contribution is 0.458. The van der Waals surface area contributed by atoms with E-state index in [0.717, 1.165) is 0 Å². The summed E-state index contributed by atoms with van der Waals surface area (Å²) in [6, 6.07) is 22.5. The van der Waals surface area contributed by atoms with E-state index in [1.165, 1.54) is 12.3 Å². The Balaban J connectivity index is 2.33. The smallest absolute Gasteiger partial charge is 0.184 e. The molecule has 0 fully saturated rings. The molecule has 0 radical (unpaired) electrons. The van der Waals surface area contributed by atoms with Gasteiger partial charge in [0.05, 0.1) is 6.26 Å². The number of aliphatic hydroxyl groups excluding tert-OH is 1. The Morgan fingerprint density at radius 1 is 0.917 bits per heavy atom. The van der Waals surface area contributed by atoms with E-state index in [9.17, 15) is 14.9 Å². The molecule has 0 aliphatic heterocycles. The van der Waals surface area contributed by atoms with Gasteiger partial charge in [-0.1, -0.05) is 60.7 Å². The molecule has 0 spiro atoms. The maximum atomic E-state index is 14.0. The normalized spacial score (nSPS) is 12.3. The Morgan fingerprint density at radius 3 is 1.88 bits per heavy atom. The third kappa shape index (κ3) is 2.67. The van der Waals surface area contributed by atoms with E-state index < -0.39 is 12.9 Å². The van der Waals surface area contributed by atoms with Crippen molar-refractivity contribution in [2.75, 3.05) is 0 Å². The van der Waals surface area contributed by atoms with Crippen LogP contribution in [0.1, 0.15) is 5.76 Å². The second-order valence-corrected chi connectivity index (χ2v) is 7.77. The Hall–Kier alpha value is -3.02. The van der Waals surface area contributed by atoms with Crippen LogP contribution >= 0.6 is 7.14 Å². The van der Waals surface area contributed by atoms with Gasteiger partial charge in [0.2, 0.25) is 0 Å². The van der Waals surface area contributed by atoms with Crippen LogP contribution in [-0.2, 0) is 4.57 Å². The van der Waals surface area contributed by atoms with Gasteiger partial charge in [-0.3, -0.25) is 0 Å². The minimum atomic E-state index is -3.52. The van der Waals surface area contributed by atoms with E-state index in [1.54, 1.807) is 66.7 Å². The molecule has 0 saturated heterocycles. The molecule has 118 valence electrons. The van der Waals surface area contributed by atoms with E-state index in [4.69, 9.17) is 4.42 Å². The van der Waals surface area contributed by atoms with E-state index in [2.05, 4.69) is 0 Å². The first kappa shape index (κ1) is 15.9. The quantitative estimate of drug-likeness (QED) is 0.443. The van der Waals surface area contributed by atoms with Crippen LogP contribution < -0.4 is 10.6 Å². The lowest BCUT2D eigenvalue weighted by atomic mass is 10.3. The molecule has 0 aliphatic rings. The van der Waals surface area contributed by atoms with Crippen LogP contribution in [0.25, 0.3) is 5.76 Å². The van der Waals surface area contributed by atoms with Gasteiger partial charge in [0.15, 0.2) is 18.7 Å². The average molecular weight is 335 g/mol. The van der Waals surface area contributed by atoms with Crippen molar-refractivity contribution in [3.8, 4) is 6.07 Å². The van der Waals surface area contributed by atoms with Crippen molar-refractivity contribution in [1.82, 2.24) is 0 Å². The second kappa shape index (κ2) is 6.62. The zero-order chi connectivity index (χ0) is 17.0. The number of benzene rings is 2. The van der Waals surface area contributed by atoms with E-state index in [-0.39, 0.29) is 11.1 Å². The van der Waals surface area contributed by atoms with E-state index >= 15 is 0 Å². The van der Waals surface area contributed by atoms with E-state index in [0.29, 0.717) is 10.6 Å². The summed E-state index contributed by atoms with van der Waals surface area (Å²) in [6.07, 6.45) is 1.39. The van der Waals surface area contributed by atoms with Gasteiger partial charge in [-0.05, 0) is 12.1 Å². The maximum absolute atomic E-state index is 14.0. The fraction of sp³-hybridized carbons (Fsp3) is 0. The molecular formula is C19H14NO3P. The molecular weight excluding hydrogens is 321 g/mol. The molecule has 0 atom stereocenters. The van der Waals surface area contributed by atoms with Crippen molar-refractivity contribution in [2.45, 2.75) is 0 Å². The van der Waals surface area contributed by atoms with Crippen molar-refractivity contribution in [2.24, 2.45) is 0 Å². The number of aliphatic hydroxyl groups is 1. The minimum absolute atomic E-state index is 0.110. The monoisotopic (exact) mass is 335 g/mol. The van der Waals surface area contributed by atoms with Gasteiger partial charge in [0.1, 0.15) is 11.4 Å². The molecule has 0 saturated carbocycles. The number of furan rings is 1. The topological polar surface area (TPSA) is 74.2 Å². The van der Waals surface area contributed by atoms with Gasteiger partial charge in [-0.2, -0.15) is 5.26 Å². The fourth-order valence-corrected chi connectivity index (χ4v) is 5.03. The molecule has 4 nitrogen and oxygen atoms in total. The molecule has 0 unspecified atom stereocenters. The van der Waals surface area contributed by atoms with E-state index in [1.807, 2.05) is 6.07 Å². The van der Waals surface area contributed by atoms with Crippen molar-refractivity contribution in [3.05, 3.63) is 90.1 Å². The summed E-state index contributed by atoms with van der Waals surface area (Å²) in [7, 11) is -3.52. The first-order chi connectivity index (χ1) is 11.7. The first-order valence-corrected chi connectivity index (χ1v) is 8.97. The summed E-state index contributed by atoms with van der Waals surface area (Å²) in [6.45, 7) is 0. The van der Waals surface area contributed by atoms with Crippen molar-refractivity contribution in [3.63, 3.8) is 0 Å². The van der Waals surface area contributed by atoms with Crippen LogP contribution in [0.2, 0.25) is 0 Å². The number of hydrogen-bond acceptors (Lipinski definition) is 4. The van der Waals surface area contributed by atoms with Crippen LogP contribution in [-0.4, -0.2) is 5.11 Å². The summed E-state index contributed by atoms with van der Waals surface area (Å²) in [5, 5.41) is 20.9. The van der Waals surface area contributed by atoms with Crippen LogP contribution in [0.15, 0.2) is 88.8 Å². The molecule has 0 amide bonds. The zero-order valence-corrected chi connectivity index (χ0v) is 13.6. The Kier molecular flexibility index (Phi) is 4.37. The van der Waals surface area contributed by atoms with Crippen molar-refractivity contribution >= 4 is 23.5 Å². The summed E-state index contributed by atoms with van der Waals surface area (Å²) in [5.74, 6) is -0.294. The van der Waals surface area contributed by atoms with Gasteiger partial charge in [0, 0.05) is 10.6 Å². The van der Waals surface area contributed by atoms with Crippen LogP contribution in [0.3, 0.4) is 0 Å². The lowest BCUT2D eigenvalue weighted by Gasteiger charge is -2.19. The van der Waals surface area contributed by atoms with Crippen LogP contribution in [0.4, 0.5) is 0 Å². The molecule has 2 aromatic carbocycles. The third-order valence-electron chi connectivity index (χ3n) is 3.64. The highest BCUT2D eigenvalue weighted by Gasteiger charge is 2.35. The zero-order valence-electron chi connectivity index (χ0n) is 12.7. The number of allylic oxidation sites excluding steroid dienone is 1. The first-order valence-electron chi connectivity index (χ1n) is 7.27. The molecule has 1 N–H and O–H groups in total. The predicted octanol–water partition coefficient (Wildman–Crippen LogP) is 4.04. The standard InChI is InChI=1S/C19H14NO3P/c20-14-18(19(21)17-12-7-13-23-17)24(22,15-8-3-1-4-9-15)16-10-5-2-6-11-16/h1-13,21H. The number of nitriles is 1. The molecule has 0 bridgehead atoms. The fourth-order valence-electron chi connectivity index (χ4n) is 2.49. The Bertz CT molecular complexity index is 896. The van der Waals surface area contributed by atoms with Gasteiger partial charge in [-0.15, -0.1) is 0 Å². The predicted molar refractivity (Wildman–Crippen MR) is 93.6 cm³/mol. The summed E-state index contributed by atoms with van der Waals surface area (Å²) >= 11 is 0. The lowest BCUT2D eigenvalue weighted by Crippen LogP contribution is -2.17. The van der Waals surface area contributed by atoms with Crippen molar-refractivity contribution in [1.29, 1.82) is 5.26 Å². The summed E-state index contributed by atoms with van der Waals surface area (Å²) in [5.41, 5.74) is 0. The van der Waals surface area contributed by atoms with Crippen LogP contribution in [0.5, 0.6) is 0 Å². The van der Waals surface area contributed by atoms with Gasteiger partial charge in [0.25, 0.3) is 0 Å². The molecule has 3 aromatic rings. The SMILES string of the molecule is N#CC(=C(O)c1ccco1)P(=O)(c1ccccc1)c1ccccc1. The third-order valence-corrected chi connectivity index (χ3v) is 6.63. The Morgan fingerprint density at radius 2 is 1.46 bits per heavy atom. The number of nitrogens with zero attached hydrogens (tertiary/aromatic N) is 1. The number of rotatable bonds is 4. The molecule has 0 aliphatic carbocycles. The van der Waals surface area contributed by atoms with Gasteiger partial charge in [-0.25, -0.2) is 0 Å². The minimum Gasteiger partial charge on any atom is -0.503 e. The summed E-state index contributed by atoms with van der Waals surface area (Å²) in [4.78, 5) is 0. The van der Waals surface area contributed by atoms with Crippen LogP contribution in [0, 0.1) is 11.3 Å². The highest BCUT2D eigenvalue weighted by Crippen LogP contribution is 2.53. The van der Waals surface area contributed by atoms with Gasteiger partial charge >= 0.3 is 0 Å². The van der Waals surface area contributed by atoms with Crippen molar-refractivity contribution < 1.29 is 14.1 Å². The molecule has 1 heterocycles. The molecule has 3 rings (SSSR count). The highest BCUT2D eigenvalue weighted by atomic mass is 31.2. The Labute approximate surface area is 139 Å². The molecule has 5 heteroatoms. The second-order valence-electron chi connectivity index (χ2n) is 5.07. The maximum Gasteiger partial charge on any atom is 0.184 e. The molecule has 1 aromatic heterocycles. The average Bonchev–Trinajstić information content (AvgIpc) is 3.18.